The maximum absolute atomic E-state index is 10.3. The molecule has 0 amide bonds. The highest BCUT2D eigenvalue weighted by Crippen LogP contribution is 2.43. The largest absolute Gasteiger partial charge is 0.497 e. The van der Waals surface area contributed by atoms with Gasteiger partial charge in [-0.3, -0.25) is 0 Å². The minimum atomic E-state index is -0.563. The Labute approximate surface area is 136 Å². The zero-order valence-electron chi connectivity index (χ0n) is 11.3. The third kappa shape index (κ3) is 2.89. The van der Waals surface area contributed by atoms with Crippen LogP contribution in [0.2, 0.25) is 5.02 Å². The van der Waals surface area contributed by atoms with Crippen molar-refractivity contribution in [1.82, 2.24) is 0 Å². The molecule has 0 fully saturated rings. The first kappa shape index (κ1) is 14.7. The molecule has 0 saturated carbocycles. The molecule has 1 heterocycles. The fraction of sp³-hybridized carbons (Fsp3) is 0.250. The fourth-order valence-electron chi connectivity index (χ4n) is 2.47. The van der Waals surface area contributed by atoms with Crippen molar-refractivity contribution in [2.45, 2.75) is 18.6 Å². The van der Waals surface area contributed by atoms with Crippen LogP contribution in [0.3, 0.4) is 0 Å². The molecule has 1 aliphatic heterocycles. The second-order valence-electron chi connectivity index (χ2n) is 4.94. The molecule has 0 radical (unpaired) electrons. The summed E-state index contributed by atoms with van der Waals surface area (Å²) in [4.78, 5) is 0. The standard InChI is InChI=1S/C16H14BrClO3/c1-20-10-3-4-11-14(19)8-15(21-16(11)7-10)9-2-5-12(17)13(18)6-9/h2-7,14-15,19H,8H2,1H3/t14-,15?/m0/s1. The van der Waals surface area contributed by atoms with Gasteiger partial charge in [-0.05, 0) is 45.8 Å². The van der Waals surface area contributed by atoms with Crippen LogP contribution in [0.4, 0.5) is 0 Å². The average Bonchev–Trinajstić information content (AvgIpc) is 2.49. The van der Waals surface area contributed by atoms with Gasteiger partial charge in [0.2, 0.25) is 0 Å². The molecule has 3 rings (SSSR count). The van der Waals surface area contributed by atoms with E-state index in [2.05, 4.69) is 15.9 Å². The lowest BCUT2D eigenvalue weighted by Crippen LogP contribution is -2.19. The number of ether oxygens (including phenoxy) is 2. The van der Waals surface area contributed by atoms with Crippen molar-refractivity contribution in [2.24, 2.45) is 0 Å². The normalized spacial score (nSPS) is 20.6. The quantitative estimate of drug-likeness (QED) is 0.836. The molecule has 3 nitrogen and oxygen atoms in total. The molecule has 2 atom stereocenters. The Hall–Kier alpha value is -1.23. The number of benzene rings is 2. The van der Waals surface area contributed by atoms with Crippen molar-refractivity contribution < 1.29 is 14.6 Å². The van der Waals surface area contributed by atoms with Crippen molar-refractivity contribution in [3.63, 3.8) is 0 Å². The Kier molecular flexibility index (Phi) is 4.11. The smallest absolute Gasteiger partial charge is 0.129 e. The molecule has 2 aromatic carbocycles. The van der Waals surface area contributed by atoms with E-state index in [-0.39, 0.29) is 6.10 Å². The van der Waals surface area contributed by atoms with Gasteiger partial charge in [0.25, 0.3) is 0 Å². The van der Waals surface area contributed by atoms with E-state index in [1.54, 1.807) is 13.2 Å². The van der Waals surface area contributed by atoms with Gasteiger partial charge >= 0.3 is 0 Å². The molecule has 0 spiro atoms. The van der Waals surface area contributed by atoms with Crippen molar-refractivity contribution >= 4 is 27.5 Å². The van der Waals surface area contributed by atoms with Crippen LogP contribution in [0.1, 0.15) is 29.8 Å². The van der Waals surface area contributed by atoms with Crippen molar-refractivity contribution in [1.29, 1.82) is 0 Å². The van der Waals surface area contributed by atoms with Gasteiger partial charge < -0.3 is 14.6 Å². The second kappa shape index (κ2) is 5.87. The highest BCUT2D eigenvalue weighted by atomic mass is 79.9. The number of methoxy groups -OCH3 is 1. The molecule has 2 aromatic rings. The Bertz CT molecular complexity index is 675. The lowest BCUT2D eigenvalue weighted by Gasteiger charge is -2.30. The lowest BCUT2D eigenvalue weighted by molar-refractivity contribution is 0.0655. The zero-order valence-corrected chi connectivity index (χ0v) is 13.7. The summed E-state index contributed by atoms with van der Waals surface area (Å²) in [6.45, 7) is 0. The predicted molar refractivity (Wildman–Crippen MR) is 85.1 cm³/mol. The van der Waals surface area contributed by atoms with E-state index in [9.17, 15) is 5.11 Å². The Morgan fingerprint density at radius 2 is 2.10 bits per heavy atom. The SMILES string of the molecule is COc1ccc2c(c1)OC(c1ccc(Br)c(Cl)c1)C[C@@H]2O. The Morgan fingerprint density at radius 1 is 1.29 bits per heavy atom. The number of rotatable bonds is 2. The molecule has 5 heteroatoms. The minimum absolute atomic E-state index is 0.231. The van der Waals surface area contributed by atoms with Gasteiger partial charge in [0.15, 0.2) is 0 Å². The number of aliphatic hydroxyl groups excluding tert-OH is 1. The molecular formula is C16H14BrClO3. The Balaban J connectivity index is 1.94. The van der Waals surface area contributed by atoms with Crippen LogP contribution in [0, 0.1) is 0 Å². The summed E-state index contributed by atoms with van der Waals surface area (Å²) in [6.07, 6.45) is -0.297. The molecule has 21 heavy (non-hydrogen) atoms. The summed E-state index contributed by atoms with van der Waals surface area (Å²) < 4.78 is 12.1. The zero-order chi connectivity index (χ0) is 15.0. The maximum Gasteiger partial charge on any atom is 0.129 e. The maximum atomic E-state index is 10.3. The van der Waals surface area contributed by atoms with Crippen LogP contribution in [0.25, 0.3) is 0 Å². The monoisotopic (exact) mass is 368 g/mol. The molecular weight excluding hydrogens is 356 g/mol. The highest BCUT2D eigenvalue weighted by molar-refractivity contribution is 9.10. The van der Waals surface area contributed by atoms with Gasteiger partial charge in [0, 0.05) is 22.5 Å². The predicted octanol–water partition coefficient (Wildman–Crippen LogP) is 4.67. The fourth-order valence-corrected chi connectivity index (χ4v) is 2.90. The molecule has 1 unspecified atom stereocenters. The topological polar surface area (TPSA) is 38.7 Å². The summed E-state index contributed by atoms with van der Waals surface area (Å²) in [5.74, 6) is 1.35. The summed E-state index contributed by atoms with van der Waals surface area (Å²) in [5.41, 5.74) is 1.73. The number of aliphatic hydroxyl groups is 1. The van der Waals surface area contributed by atoms with Crippen LogP contribution in [0.5, 0.6) is 11.5 Å². The van der Waals surface area contributed by atoms with Gasteiger partial charge in [-0.25, -0.2) is 0 Å². The lowest BCUT2D eigenvalue weighted by atomic mass is 9.95. The van der Waals surface area contributed by atoms with Gasteiger partial charge in [-0.15, -0.1) is 0 Å². The molecule has 0 aromatic heterocycles. The van der Waals surface area contributed by atoms with E-state index in [0.717, 1.165) is 15.6 Å². The molecule has 0 bridgehead atoms. The van der Waals surface area contributed by atoms with Crippen molar-refractivity contribution in [3.8, 4) is 11.5 Å². The second-order valence-corrected chi connectivity index (χ2v) is 6.20. The summed E-state index contributed by atoms with van der Waals surface area (Å²) >= 11 is 9.50. The van der Waals surface area contributed by atoms with Crippen molar-refractivity contribution in [3.05, 3.63) is 57.0 Å². The number of fused-ring (bicyclic) bond motifs is 1. The van der Waals surface area contributed by atoms with E-state index in [1.165, 1.54) is 0 Å². The number of halogens is 2. The van der Waals surface area contributed by atoms with E-state index in [4.69, 9.17) is 21.1 Å². The average molecular weight is 370 g/mol. The van der Waals surface area contributed by atoms with E-state index < -0.39 is 6.10 Å². The number of hydrogen-bond acceptors (Lipinski definition) is 3. The molecule has 0 aliphatic carbocycles. The van der Waals surface area contributed by atoms with Crippen LogP contribution in [0.15, 0.2) is 40.9 Å². The first-order valence-electron chi connectivity index (χ1n) is 6.56. The van der Waals surface area contributed by atoms with E-state index >= 15 is 0 Å². The van der Waals surface area contributed by atoms with Crippen LogP contribution in [-0.2, 0) is 0 Å². The molecule has 110 valence electrons. The van der Waals surface area contributed by atoms with Crippen LogP contribution in [-0.4, -0.2) is 12.2 Å². The number of hydrogen-bond donors (Lipinski definition) is 1. The molecule has 1 aliphatic rings. The highest BCUT2D eigenvalue weighted by Gasteiger charge is 2.28. The minimum Gasteiger partial charge on any atom is -0.497 e. The van der Waals surface area contributed by atoms with Gasteiger partial charge in [-0.1, -0.05) is 17.7 Å². The Morgan fingerprint density at radius 3 is 2.81 bits per heavy atom. The van der Waals surface area contributed by atoms with Crippen molar-refractivity contribution in [2.75, 3.05) is 7.11 Å². The summed E-state index contributed by atoms with van der Waals surface area (Å²) in [7, 11) is 1.60. The summed E-state index contributed by atoms with van der Waals surface area (Å²) in [5, 5.41) is 10.9. The first-order chi connectivity index (χ1) is 10.1. The molecule has 1 N–H and O–H groups in total. The first-order valence-corrected chi connectivity index (χ1v) is 7.73. The third-order valence-corrected chi connectivity index (χ3v) is 4.83. The molecule has 0 saturated heterocycles. The van der Waals surface area contributed by atoms with Gasteiger partial charge in [-0.2, -0.15) is 0 Å². The van der Waals surface area contributed by atoms with Crippen LogP contribution < -0.4 is 9.47 Å². The van der Waals surface area contributed by atoms with E-state index in [0.29, 0.717) is 22.9 Å². The van der Waals surface area contributed by atoms with E-state index in [1.807, 2.05) is 30.3 Å². The third-order valence-electron chi connectivity index (χ3n) is 3.60. The van der Waals surface area contributed by atoms with Gasteiger partial charge in [0.1, 0.15) is 17.6 Å². The summed E-state index contributed by atoms with van der Waals surface area (Å²) in [6, 6.07) is 11.1. The van der Waals surface area contributed by atoms with Crippen LogP contribution >= 0.6 is 27.5 Å². The van der Waals surface area contributed by atoms with Gasteiger partial charge in [0.05, 0.1) is 18.2 Å².